The largest absolute Gasteiger partial charge is 0.439 e. The fraction of sp³-hybridized carbons (Fsp3) is 0.217. The maximum Gasteiger partial charge on any atom is 0.416 e. The van der Waals surface area contributed by atoms with Crippen LogP contribution in [0.5, 0.6) is 0 Å². The number of nitrogens with one attached hydrogen (secondary N) is 2. The zero-order valence-corrected chi connectivity index (χ0v) is 16.6. The van der Waals surface area contributed by atoms with Crippen molar-refractivity contribution in [2.24, 2.45) is 0 Å². The van der Waals surface area contributed by atoms with Crippen LogP contribution < -0.4 is 5.32 Å². The van der Waals surface area contributed by atoms with E-state index in [0.29, 0.717) is 35.9 Å². The minimum Gasteiger partial charge on any atom is -0.439 e. The van der Waals surface area contributed by atoms with E-state index in [-0.39, 0.29) is 6.04 Å². The molecule has 3 aromatic heterocycles. The lowest BCUT2D eigenvalue weighted by Gasteiger charge is -2.21. The van der Waals surface area contributed by atoms with Crippen LogP contribution in [0.2, 0.25) is 0 Å². The number of oxazole rings is 1. The Hall–Kier alpha value is -3.39. The highest BCUT2D eigenvalue weighted by molar-refractivity contribution is 5.90. The monoisotopic (exact) mass is 424 g/mol. The van der Waals surface area contributed by atoms with Crippen LogP contribution in [0.25, 0.3) is 27.9 Å². The average molecular weight is 424 g/mol. The third-order valence-corrected chi connectivity index (χ3v) is 5.50. The van der Waals surface area contributed by atoms with Gasteiger partial charge < -0.3 is 14.7 Å². The molecule has 0 saturated heterocycles. The fourth-order valence-corrected chi connectivity index (χ4v) is 3.99. The highest BCUT2D eigenvalue weighted by atomic mass is 19.4. The molecule has 0 saturated carbocycles. The van der Waals surface area contributed by atoms with E-state index < -0.39 is 11.7 Å². The number of hydrogen-bond donors (Lipinski definition) is 2. The standard InChI is InChI=1S/C23H19F3N4O/c1-13-20(15-4-2-5-16(10-15)23(24,25)26)31-22(30-13)19-11-14(7-9-27-19)18-12-29-21-17(18)6-3-8-28-21/h2-8,10,12,19,27H,9,11H2,1H3,(H,28,29). The molecule has 1 unspecified atom stereocenters. The third kappa shape index (κ3) is 3.63. The Morgan fingerprint density at radius 3 is 2.87 bits per heavy atom. The lowest BCUT2D eigenvalue weighted by molar-refractivity contribution is -0.137. The number of benzene rings is 1. The van der Waals surface area contributed by atoms with Crippen molar-refractivity contribution in [3.63, 3.8) is 0 Å². The number of halogens is 3. The molecule has 1 aromatic carbocycles. The summed E-state index contributed by atoms with van der Waals surface area (Å²) in [5, 5.41) is 4.41. The van der Waals surface area contributed by atoms with E-state index in [9.17, 15) is 13.2 Å². The summed E-state index contributed by atoms with van der Waals surface area (Å²) < 4.78 is 45.3. The summed E-state index contributed by atoms with van der Waals surface area (Å²) in [6.45, 7) is 2.38. The van der Waals surface area contributed by atoms with E-state index in [4.69, 9.17) is 4.42 Å². The van der Waals surface area contributed by atoms with Gasteiger partial charge in [0.1, 0.15) is 5.65 Å². The molecule has 1 aliphatic heterocycles. The second-order valence-electron chi connectivity index (χ2n) is 7.54. The number of nitrogens with zero attached hydrogens (tertiary/aromatic N) is 2. The topological polar surface area (TPSA) is 66.7 Å². The van der Waals surface area contributed by atoms with Crippen molar-refractivity contribution in [3.8, 4) is 11.3 Å². The Bertz CT molecular complexity index is 1290. The minimum atomic E-state index is -4.41. The van der Waals surface area contributed by atoms with Crippen LogP contribution in [0, 0.1) is 6.92 Å². The van der Waals surface area contributed by atoms with Crippen LogP contribution in [0.4, 0.5) is 13.2 Å². The Morgan fingerprint density at radius 2 is 2.03 bits per heavy atom. The number of pyridine rings is 1. The first kappa shape index (κ1) is 19.6. The van der Waals surface area contributed by atoms with Gasteiger partial charge in [-0.3, -0.25) is 0 Å². The second-order valence-corrected chi connectivity index (χ2v) is 7.54. The highest BCUT2D eigenvalue weighted by Gasteiger charge is 2.31. The van der Waals surface area contributed by atoms with E-state index in [1.54, 1.807) is 19.2 Å². The van der Waals surface area contributed by atoms with Crippen LogP contribution in [-0.2, 0) is 6.18 Å². The van der Waals surface area contributed by atoms with Crippen molar-refractivity contribution in [3.05, 3.63) is 77.6 Å². The molecule has 0 spiro atoms. The molecule has 0 fully saturated rings. The number of fused-ring (bicyclic) bond motifs is 1. The molecule has 31 heavy (non-hydrogen) atoms. The van der Waals surface area contributed by atoms with Crippen molar-refractivity contribution in [1.82, 2.24) is 20.3 Å². The number of aromatic amines is 1. The van der Waals surface area contributed by atoms with Gasteiger partial charge in [-0.15, -0.1) is 0 Å². The first-order chi connectivity index (χ1) is 14.9. The molecule has 0 radical (unpaired) electrons. The van der Waals surface area contributed by atoms with Crippen molar-refractivity contribution in [2.75, 3.05) is 6.54 Å². The lowest BCUT2D eigenvalue weighted by atomic mass is 9.95. The van der Waals surface area contributed by atoms with Crippen molar-refractivity contribution >= 4 is 16.6 Å². The van der Waals surface area contributed by atoms with Gasteiger partial charge in [0.25, 0.3) is 0 Å². The van der Waals surface area contributed by atoms with Crippen molar-refractivity contribution in [2.45, 2.75) is 25.6 Å². The molecule has 158 valence electrons. The maximum atomic E-state index is 13.1. The molecular formula is C23H19F3N4O. The summed E-state index contributed by atoms with van der Waals surface area (Å²) in [7, 11) is 0. The molecule has 1 atom stereocenters. The fourth-order valence-electron chi connectivity index (χ4n) is 3.99. The molecule has 1 aliphatic rings. The van der Waals surface area contributed by atoms with Crippen LogP contribution in [0.3, 0.4) is 0 Å². The summed E-state index contributed by atoms with van der Waals surface area (Å²) >= 11 is 0. The van der Waals surface area contributed by atoms with Gasteiger partial charge in [-0.25, -0.2) is 9.97 Å². The van der Waals surface area contributed by atoms with Crippen LogP contribution in [0.1, 0.15) is 35.2 Å². The molecule has 4 heterocycles. The van der Waals surface area contributed by atoms with Crippen LogP contribution in [-0.4, -0.2) is 21.5 Å². The lowest BCUT2D eigenvalue weighted by Crippen LogP contribution is -2.25. The number of alkyl halides is 3. The Kier molecular flexibility index (Phi) is 4.66. The minimum absolute atomic E-state index is 0.181. The highest BCUT2D eigenvalue weighted by Crippen LogP contribution is 2.37. The van der Waals surface area contributed by atoms with E-state index in [2.05, 4.69) is 26.3 Å². The maximum absolute atomic E-state index is 13.1. The smallest absolute Gasteiger partial charge is 0.416 e. The normalized spacial score (nSPS) is 17.2. The quantitative estimate of drug-likeness (QED) is 0.445. The Balaban J connectivity index is 1.44. The molecule has 5 nitrogen and oxygen atoms in total. The first-order valence-corrected chi connectivity index (χ1v) is 9.90. The average Bonchev–Trinajstić information content (AvgIpc) is 3.37. The van der Waals surface area contributed by atoms with E-state index in [0.717, 1.165) is 34.3 Å². The van der Waals surface area contributed by atoms with Gasteiger partial charge in [-0.1, -0.05) is 18.2 Å². The van der Waals surface area contributed by atoms with Crippen LogP contribution in [0.15, 0.2) is 59.3 Å². The summed E-state index contributed by atoms with van der Waals surface area (Å²) in [6.07, 6.45) is 2.04. The molecule has 5 rings (SSSR count). The van der Waals surface area contributed by atoms with Gasteiger partial charge in [0, 0.05) is 35.5 Å². The van der Waals surface area contributed by atoms with Crippen molar-refractivity contribution < 1.29 is 17.6 Å². The first-order valence-electron chi connectivity index (χ1n) is 9.90. The number of hydrogen-bond acceptors (Lipinski definition) is 4. The number of aryl methyl sites for hydroxylation is 1. The second kappa shape index (κ2) is 7.39. The van der Waals surface area contributed by atoms with E-state index >= 15 is 0 Å². The van der Waals surface area contributed by atoms with E-state index in [1.165, 1.54) is 6.07 Å². The Labute approximate surface area is 176 Å². The van der Waals surface area contributed by atoms with Gasteiger partial charge in [0.05, 0.1) is 17.3 Å². The van der Waals surface area contributed by atoms with Gasteiger partial charge in [0.15, 0.2) is 5.76 Å². The molecule has 8 heteroatoms. The van der Waals surface area contributed by atoms with Gasteiger partial charge in [-0.2, -0.15) is 13.2 Å². The van der Waals surface area contributed by atoms with Crippen LogP contribution >= 0.6 is 0 Å². The van der Waals surface area contributed by atoms with Crippen molar-refractivity contribution in [1.29, 1.82) is 0 Å². The van der Waals surface area contributed by atoms with Gasteiger partial charge in [0.2, 0.25) is 5.89 Å². The summed E-state index contributed by atoms with van der Waals surface area (Å²) in [5.74, 6) is 0.823. The SMILES string of the molecule is Cc1nc(C2CC(c3c[nH]c4ncccc34)=CCN2)oc1-c1cccc(C(F)(F)F)c1. The summed E-state index contributed by atoms with van der Waals surface area (Å²) in [5.41, 5.74) is 3.25. The molecule has 4 aromatic rings. The molecule has 0 aliphatic carbocycles. The van der Waals surface area contributed by atoms with Gasteiger partial charge in [-0.05, 0) is 43.2 Å². The predicted molar refractivity (Wildman–Crippen MR) is 111 cm³/mol. The Morgan fingerprint density at radius 1 is 1.16 bits per heavy atom. The third-order valence-electron chi connectivity index (χ3n) is 5.50. The predicted octanol–water partition coefficient (Wildman–Crippen LogP) is 5.66. The molecule has 0 amide bonds. The van der Waals surface area contributed by atoms with Gasteiger partial charge >= 0.3 is 6.18 Å². The number of aromatic nitrogens is 3. The zero-order chi connectivity index (χ0) is 21.6. The molecule has 0 bridgehead atoms. The zero-order valence-electron chi connectivity index (χ0n) is 16.6. The number of rotatable bonds is 3. The molecular weight excluding hydrogens is 405 g/mol. The number of H-pyrrole nitrogens is 1. The molecule has 2 N–H and O–H groups in total. The summed E-state index contributed by atoms with van der Waals surface area (Å²) in [4.78, 5) is 12.0. The van der Waals surface area contributed by atoms with E-state index in [1.807, 2.05) is 18.3 Å². The summed E-state index contributed by atoms with van der Waals surface area (Å²) in [6, 6.07) is 8.86.